The van der Waals surface area contributed by atoms with Gasteiger partial charge in [0.1, 0.15) is 11.5 Å². The van der Waals surface area contributed by atoms with E-state index >= 15 is 0 Å². The molecule has 0 heterocycles. The van der Waals surface area contributed by atoms with Gasteiger partial charge in [-0.05, 0) is 73.2 Å². The fourth-order valence-corrected chi connectivity index (χ4v) is 4.45. The van der Waals surface area contributed by atoms with E-state index in [1.54, 1.807) is 31.4 Å². The average molecular weight is 509 g/mol. The van der Waals surface area contributed by atoms with E-state index in [2.05, 4.69) is 10.0 Å². The third kappa shape index (κ3) is 6.54. The molecule has 3 aromatic rings. The van der Waals surface area contributed by atoms with Crippen molar-refractivity contribution in [3.05, 3.63) is 76.8 Å². The van der Waals surface area contributed by atoms with E-state index < -0.39 is 16.1 Å². The van der Waals surface area contributed by atoms with Crippen molar-refractivity contribution in [3.63, 3.8) is 0 Å². The average Bonchev–Trinajstić information content (AvgIpc) is 2.80. The van der Waals surface area contributed by atoms with Crippen LogP contribution in [0.2, 0.25) is 10.0 Å². The molecule has 0 fully saturated rings. The van der Waals surface area contributed by atoms with E-state index in [0.717, 1.165) is 0 Å². The number of sulfonamides is 1. The molecule has 7 nitrogen and oxygen atoms in total. The van der Waals surface area contributed by atoms with Crippen molar-refractivity contribution in [2.24, 2.45) is 0 Å². The third-order valence-corrected chi connectivity index (χ3v) is 6.54. The van der Waals surface area contributed by atoms with Crippen molar-refractivity contribution >= 4 is 50.5 Å². The molecule has 3 aromatic carbocycles. The van der Waals surface area contributed by atoms with Gasteiger partial charge in [-0.15, -0.1) is 0 Å². The van der Waals surface area contributed by atoms with Gasteiger partial charge < -0.3 is 14.8 Å². The molecule has 2 N–H and O–H groups in total. The number of hydrogen-bond acceptors (Lipinski definition) is 5. The molecule has 0 aliphatic heterocycles. The highest BCUT2D eigenvalue weighted by molar-refractivity contribution is 7.92. The number of rotatable bonds is 9. The SMILES string of the molecule is CCC(Oc1ccc(OC)cc1)C(=O)Nc1ccc(S(=O)(=O)Nc2ccc(Cl)cc2Cl)cc1. The summed E-state index contributed by atoms with van der Waals surface area (Å²) < 4.78 is 38.6. The van der Waals surface area contributed by atoms with Crippen LogP contribution in [-0.4, -0.2) is 27.5 Å². The van der Waals surface area contributed by atoms with Gasteiger partial charge in [-0.2, -0.15) is 0 Å². The number of ether oxygens (including phenoxy) is 2. The fourth-order valence-electron chi connectivity index (χ4n) is 2.86. The van der Waals surface area contributed by atoms with E-state index in [-0.39, 0.29) is 21.5 Å². The Morgan fingerprint density at radius 1 is 0.970 bits per heavy atom. The van der Waals surface area contributed by atoms with Crippen LogP contribution in [0.3, 0.4) is 0 Å². The summed E-state index contributed by atoms with van der Waals surface area (Å²) >= 11 is 11.9. The summed E-state index contributed by atoms with van der Waals surface area (Å²) in [5, 5.41) is 3.31. The molecule has 0 aliphatic carbocycles. The zero-order chi connectivity index (χ0) is 24.0. The highest BCUT2D eigenvalue weighted by Gasteiger charge is 2.20. The highest BCUT2D eigenvalue weighted by atomic mass is 35.5. The van der Waals surface area contributed by atoms with Gasteiger partial charge in [0.15, 0.2) is 6.10 Å². The quantitative estimate of drug-likeness (QED) is 0.392. The van der Waals surface area contributed by atoms with Crippen LogP contribution in [0.1, 0.15) is 13.3 Å². The number of hydrogen-bond donors (Lipinski definition) is 2. The summed E-state index contributed by atoms with van der Waals surface area (Å²) in [4.78, 5) is 12.6. The van der Waals surface area contributed by atoms with E-state index in [1.807, 2.05) is 6.92 Å². The Hall–Kier alpha value is -2.94. The van der Waals surface area contributed by atoms with Gasteiger partial charge in [0.05, 0.1) is 22.7 Å². The topological polar surface area (TPSA) is 93.7 Å². The molecule has 174 valence electrons. The maximum absolute atomic E-state index is 12.7. The standard InChI is InChI=1S/C23H22Cl2N2O5S/c1-3-22(32-18-9-7-17(31-2)8-10-18)23(28)26-16-5-11-19(12-6-16)33(29,30)27-21-13-4-15(24)14-20(21)25/h4-14,22,27H,3H2,1-2H3,(H,26,28). The van der Waals surface area contributed by atoms with Crippen molar-refractivity contribution in [2.75, 3.05) is 17.1 Å². The Morgan fingerprint density at radius 3 is 2.18 bits per heavy atom. The number of anilines is 2. The van der Waals surface area contributed by atoms with Crippen LogP contribution >= 0.6 is 23.2 Å². The number of carbonyl (C=O) groups is 1. The number of nitrogens with one attached hydrogen (secondary N) is 2. The van der Waals surface area contributed by atoms with Crippen molar-refractivity contribution < 1.29 is 22.7 Å². The Kier molecular flexibility index (Phi) is 8.07. The van der Waals surface area contributed by atoms with Gasteiger partial charge >= 0.3 is 0 Å². The zero-order valence-electron chi connectivity index (χ0n) is 17.8. The molecule has 3 rings (SSSR count). The first-order chi connectivity index (χ1) is 15.7. The fraction of sp³-hybridized carbons (Fsp3) is 0.174. The van der Waals surface area contributed by atoms with Gasteiger partial charge in [0, 0.05) is 10.7 Å². The minimum atomic E-state index is -3.89. The summed E-state index contributed by atoms with van der Waals surface area (Å²) in [6, 6.07) is 17.1. The summed E-state index contributed by atoms with van der Waals surface area (Å²) in [6.45, 7) is 1.83. The van der Waals surface area contributed by atoms with Crippen molar-refractivity contribution in [3.8, 4) is 11.5 Å². The molecule has 1 unspecified atom stereocenters. The Morgan fingerprint density at radius 2 is 1.61 bits per heavy atom. The summed E-state index contributed by atoms with van der Waals surface area (Å²) in [6.07, 6.45) is -0.286. The van der Waals surface area contributed by atoms with Crippen LogP contribution < -0.4 is 19.5 Å². The van der Waals surface area contributed by atoms with Gasteiger partial charge in [-0.1, -0.05) is 30.1 Å². The van der Waals surface area contributed by atoms with Crippen LogP contribution in [0.15, 0.2) is 71.6 Å². The second kappa shape index (κ2) is 10.8. The van der Waals surface area contributed by atoms with E-state index in [1.165, 1.54) is 42.5 Å². The lowest BCUT2D eigenvalue weighted by Crippen LogP contribution is -2.32. The van der Waals surface area contributed by atoms with Crippen LogP contribution in [0.4, 0.5) is 11.4 Å². The van der Waals surface area contributed by atoms with Crippen molar-refractivity contribution in [1.82, 2.24) is 0 Å². The van der Waals surface area contributed by atoms with E-state index in [0.29, 0.717) is 28.6 Å². The molecule has 0 saturated heterocycles. The predicted molar refractivity (Wildman–Crippen MR) is 130 cm³/mol. The van der Waals surface area contributed by atoms with Crippen LogP contribution in [-0.2, 0) is 14.8 Å². The van der Waals surface area contributed by atoms with Gasteiger partial charge in [0.25, 0.3) is 15.9 Å². The summed E-state index contributed by atoms with van der Waals surface area (Å²) in [5.74, 6) is 0.865. The molecule has 10 heteroatoms. The molecule has 0 saturated carbocycles. The zero-order valence-corrected chi connectivity index (χ0v) is 20.2. The first kappa shape index (κ1) is 24.7. The number of carbonyl (C=O) groups excluding carboxylic acids is 1. The molecule has 0 bridgehead atoms. The minimum absolute atomic E-state index is 0.00744. The minimum Gasteiger partial charge on any atom is -0.497 e. The molecule has 0 aliphatic rings. The Bertz CT molecular complexity index is 1220. The predicted octanol–water partition coefficient (Wildman–Crippen LogP) is 5.60. The summed E-state index contributed by atoms with van der Waals surface area (Å²) in [7, 11) is -2.32. The van der Waals surface area contributed by atoms with Gasteiger partial charge in [-0.25, -0.2) is 8.42 Å². The Labute approximate surface area is 202 Å². The largest absolute Gasteiger partial charge is 0.497 e. The summed E-state index contributed by atoms with van der Waals surface area (Å²) in [5.41, 5.74) is 0.639. The first-order valence-corrected chi connectivity index (χ1v) is 12.1. The van der Waals surface area contributed by atoms with Gasteiger partial charge in [-0.3, -0.25) is 9.52 Å². The maximum Gasteiger partial charge on any atom is 0.265 e. The molecule has 0 radical (unpaired) electrons. The number of benzene rings is 3. The maximum atomic E-state index is 12.7. The second-order valence-electron chi connectivity index (χ2n) is 6.93. The first-order valence-electron chi connectivity index (χ1n) is 9.91. The number of halogens is 2. The number of amides is 1. The molecule has 1 amide bonds. The van der Waals surface area contributed by atoms with Crippen molar-refractivity contribution in [1.29, 1.82) is 0 Å². The molecule has 1 atom stereocenters. The lowest BCUT2D eigenvalue weighted by Gasteiger charge is -2.17. The molecule has 0 aromatic heterocycles. The van der Waals surface area contributed by atoms with E-state index in [4.69, 9.17) is 32.7 Å². The molecule has 33 heavy (non-hydrogen) atoms. The molecular formula is C23H22Cl2N2O5S. The van der Waals surface area contributed by atoms with Crippen LogP contribution in [0.5, 0.6) is 11.5 Å². The highest BCUT2D eigenvalue weighted by Crippen LogP contribution is 2.28. The molecular weight excluding hydrogens is 487 g/mol. The van der Waals surface area contributed by atoms with Crippen LogP contribution in [0.25, 0.3) is 0 Å². The van der Waals surface area contributed by atoms with Crippen LogP contribution in [0, 0.1) is 0 Å². The molecule has 0 spiro atoms. The van der Waals surface area contributed by atoms with Crippen molar-refractivity contribution in [2.45, 2.75) is 24.3 Å². The lowest BCUT2D eigenvalue weighted by molar-refractivity contribution is -0.122. The Balaban J connectivity index is 1.66. The third-order valence-electron chi connectivity index (χ3n) is 4.61. The second-order valence-corrected chi connectivity index (χ2v) is 9.46. The number of methoxy groups -OCH3 is 1. The monoisotopic (exact) mass is 508 g/mol. The lowest BCUT2D eigenvalue weighted by atomic mass is 10.2. The normalized spacial score (nSPS) is 12.0. The smallest absolute Gasteiger partial charge is 0.265 e. The van der Waals surface area contributed by atoms with E-state index in [9.17, 15) is 13.2 Å². The van der Waals surface area contributed by atoms with Gasteiger partial charge in [0.2, 0.25) is 0 Å².